The summed E-state index contributed by atoms with van der Waals surface area (Å²) in [6.45, 7) is 5.24. The van der Waals surface area contributed by atoms with Gasteiger partial charge in [0.25, 0.3) is 0 Å². The van der Waals surface area contributed by atoms with Gasteiger partial charge in [-0.2, -0.15) is 0 Å². The Kier molecular flexibility index (Phi) is 2.94. The second-order valence-corrected chi connectivity index (χ2v) is 2.53. The second-order valence-electron chi connectivity index (χ2n) is 2.53. The Labute approximate surface area is 66.8 Å². The Morgan fingerprint density at radius 1 is 1.45 bits per heavy atom. The Morgan fingerprint density at radius 3 is 2.64 bits per heavy atom. The van der Waals surface area contributed by atoms with Crippen molar-refractivity contribution >= 4 is 5.78 Å². The van der Waals surface area contributed by atoms with Crippen molar-refractivity contribution in [1.82, 2.24) is 10.2 Å². The molecule has 0 atom stereocenters. The van der Waals surface area contributed by atoms with Gasteiger partial charge in [-0.15, -0.1) is 0 Å². The highest BCUT2D eigenvalue weighted by molar-refractivity contribution is 5.93. The minimum Gasteiger partial charge on any atom is -0.330 e. The van der Waals surface area contributed by atoms with Gasteiger partial charge in [-0.25, -0.2) is 0 Å². The minimum atomic E-state index is -0.0662. The molecule has 0 aromatic heterocycles. The minimum absolute atomic E-state index is 0.0662. The molecule has 3 heteroatoms. The van der Waals surface area contributed by atoms with E-state index in [0.717, 1.165) is 26.2 Å². The van der Waals surface area contributed by atoms with Crippen LogP contribution in [0.15, 0.2) is 0 Å². The van der Waals surface area contributed by atoms with E-state index in [9.17, 15) is 4.79 Å². The van der Waals surface area contributed by atoms with Crippen molar-refractivity contribution in [3.8, 4) is 12.0 Å². The van der Waals surface area contributed by atoms with Gasteiger partial charge < -0.3 is 10.2 Å². The third-order valence-electron chi connectivity index (χ3n) is 1.51. The summed E-state index contributed by atoms with van der Waals surface area (Å²) in [6.07, 6.45) is 0. The van der Waals surface area contributed by atoms with Crippen molar-refractivity contribution in [2.45, 2.75) is 6.92 Å². The van der Waals surface area contributed by atoms with Crippen LogP contribution in [0.2, 0.25) is 0 Å². The fourth-order valence-electron chi connectivity index (χ4n) is 0.934. The monoisotopic (exact) mass is 152 g/mol. The van der Waals surface area contributed by atoms with Crippen LogP contribution in [0.3, 0.4) is 0 Å². The number of nitrogens with zero attached hydrogens (tertiary/aromatic N) is 1. The van der Waals surface area contributed by atoms with Crippen molar-refractivity contribution in [1.29, 1.82) is 0 Å². The molecule has 0 amide bonds. The molecular formula is C8H12N2O. The second kappa shape index (κ2) is 3.99. The van der Waals surface area contributed by atoms with Crippen LogP contribution >= 0.6 is 0 Å². The summed E-state index contributed by atoms with van der Waals surface area (Å²) < 4.78 is 0. The summed E-state index contributed by atoms with van der Waals surface area (Å²) >= 11 is 0. The van der Waals surface area contributed by atoms with E-state index in [1.807, 2.05) is 4.90 Å². The lowest BCUT2D eigenvalue weighted by molar-refractivity contribution is -0.111. The van der Waals surface area contributed by atoms with Crippen LogP contribution < -0.4 is 5.32 Å². The molecule has 0 aliphatic carbocycles. The van der Waals surface area contributed by atoms with Crippen molar-refractivity contribution in [2.24, 2.45) is 0 Å². The topological polar surface area (TPSA) is 32.3 Å². The number of nitrogens with one attached hydrogen (secondary N) is 1. The smallest absolute Gasteiger partial charge is 0.204 e. The van der Waals surface area contributed by atoms with Crippen LogP contribution in [0.25, 0.3) is 0 Å². The molecule has 11 heavy (non-hydrogen) atoms. The normalized spacial score (nSPS) is 17.0. The van der Waals surface area contributed by atoms with E-state index < -0.39 is 0 Å². The maximum Gasteiger partial charge on any atom is 0.204 e. The van der Waals surface area contributed by atoms with E-state index in [1.54, 1.807) is 0 Å². The van der Waals surface area contributed by atoms with E-state index in [0.29, 0.717) is 0 Å². The Bertz CT molecular complexity index is 196. The first-order chi connectivity index (χ1) is 5.29. The molecule has 0 bridgehead atoms. The average molecular weight is 152 g/mol. The number of hydrogen-bond acceptors (Lipinski definition) is 3. The van der Waals surface area contributed by atoms with Gasteiger partial charge in [0, 0.05) is 39.1 Å². The van der Waals surface area contributed by atoms with Gasteiger partial charge in [0.15, 0.2) is 0 Å². The summed E-state index contributed by atoms with van der Waals surface area (Å²) in [7, 11) is 0. The number of piperazine rings is 1. The van der Waals surface area contributed by atoms with Gasteiger partial charge >= 0.3 is 0 Å². The van der Waals surface area contributed by atoms with Crippen LogP contribution in [0.4, 0.5) is 0 Å². The van der Waals surface area contributed by atoms with Crippen molar-refractivity contribution in [3.63, 3.8) is 0 Å². The molecule has 0 spiro atoms. The third kappa shape index (κ3) is 3.06. The summed E-state index contributed by atoms with van der Waals surface area (Å²) in [5.74, 6) is 2.46. The highest BCUT2D eigenvalue weighted by atomic mass is 16.1. The van der Waals surface area contributed by atoms with Crippen LogP contribution in [0.1, 0.15) is 6.92 Å². The van der Waals surface area contributed by atoms with Crippen LogP contribution in [0.5, 0.6) is 0 Å². The lowest BCUT2D eigenvalue weighted by atomic mass is 10.4. The van der Waals surface area contributed by atoms with E-state index in [-0.39, 0.29) is 5.78 Å². The largest absolute Gasteiger partial charge is 0.330 e. The zero-order valence-corrected chi connectivity index (χ0v) is 6.68. The van der Waals surface area contributed by atoms with Gasteiger partial charge in [-0.1, -0.05) is 0 Å². The SMILES string of the molecule is CC(=O)C#CN1CCNCC1. The fraction of sp³-hybridized carbons (Fsp3) is 0.625. The Morgan fingerprint density at radius 2 is 2.09 bits per heavy atom. The number of carbonyl (C=O) groups excluding carboxylic acids is 1. The number of ketones is 1. The lowest BCUT2D eigenvalue weighted by Gasteiger charge is -2.22. The summed E-state index contributed by atoms with van der Waals surface area (Å²) in [6, 6.07) is 2.81. The summed E-state index contributed by atoms with van der Waals surface area (Å²) in [4.78, 5) is 12.4. The fourth-order valence-corrected chi connectivity index (χ4v) is 0.934. The Balaban J connectivity index is 2.36. The van der Waals surface area contributed by atoms with Gasteiger partial charge in [0.2, 0.25) is 5.78 Å². The van der Waals surface area contributed by atoms with Crippen molar-refractivity contribution < 1.29 is 4.79 Å². The molecule has 1 rings (SSSR count). The van der Waals surface area contributed by atoms with E-state index in [2.05, 4.69) is 17.3 Å². The first-order valence-electron chi connectivity index (χ1n) is 3.77. The van der Waals surface area contributed by atoms with Crippen molar-refractivity contribution in [2.75, 3.05) is 26.2 Å². The molecule has 1 aliphatic rings. The number of rotatable bonds is 0. The molecule has 1 heterocycles. The maximum atomic E-state index is 10.5. The zero-order valence-electron chi connectivity index (χ0n) is 6.68. The van der Waals surface area contributed by atoms with E-state index >= 15 is 0 Å². The molecule has 1 aliphatic heterocycles. The molecule has 0 radical (unpaired) electrons. The highest BCUT2D eigenvalue weighted by Gasteiger charge is 2.03. The standard InChI is InChI=1S/C8H12N2O/c1-8(11)2-5-10-6-3-9-4-7-10/h9H,3-4,6-7H2,1H3. The molecular weight excluding hydrogens is 140 g/mol. The maximum absolute atomic E-state index is 10.5. The van der Waals surface area contributed by atoms with Crippen LogP contribution in [-0.4, -0.2) is 36.9 Å². The molecule has 0 aromatic carbocycles. The van der Waals surface area contributed by atoms with E-state index in [1.165, 1.54) is 6.92 Å². The predicted octanol–water partition coefficient (Wildman–Crippen LogP) is -0.558. The van der Waals surface area contributed by atoms with Crippen LogP contribution in [-0.2, 0) is 4.79 Å². The molecule has 1 saturated heterocycles. The van der Waals surface area contributed by atoms with Gasteiger partial charge in [0.1, 0.15) is 0 Å². The molecule has 1 fully saturated rings. The summed E-state index contributed by atoms with van der Waals surface area (Å²) in [5.41, 5.74) is 0. The molecule has 0 unspecified atom stereocenters. The first kappa shape index (κ1) is 8.09. The van der Waals surface area contributed by atoms with Crippen LogP contribution in [0, 0.1) is 12.0 Å². The first-order valence-corrected chi connectivity index (χ1v) is 3.77. The summed E-state index contributed by atoms with van der Waals surface area (Å²) in [5, 5.41) is 3.21. The van der Waals surface area contributed by atoms with Crippen molar-refractivity contribution in [3.05, 3.63) is 0 Å². The highest BCUT2D eigenvalue weighted by Crippen LogP contribution is 1.87. The molecule has 1 N–H and O–H groups in total. The van der Waals surface area contributed by atoms with Gasteiger partial charge in [0.05, 0.1) is 0 Å². The number of Topliss-reactive ketones (excluding diaryl/α,β-unsaturated/α-hetero) is 1. The average Bonchev–Trinajstić information content (AvgIpc) is 2.03. The molecule has 60 valence electrons. The lowest BCUT2D eigenvalue weighted by Crippen LogP contribution is -2.40. The third-order valence-corrected chi connectivity index (χ3v) is 1.51. The van der Waals surface area contributed by atoms with E-state index in [4.69, 9.17) is 0 Å². The molecule has 0 saturated carbocycles. The van der Waals surface area contributed by atoms with Gasteiger partial charge in [-0.05, 0) is 5.92 Å². The van der Waals surface area contributed by atoms with Gasteiger partial charge in [-0.3, -0.25) is 4.79 Å². The predicted molar refractivity (Wildman–Crippen MR) is 42.9 cm³/mol. The number of carbonyl (C=O) groups is 1. The zero-order chi connectivity index (χ0) is 8.10. The quantitative estimate of drug-likeness (QED) is 0.472. The molecule has 3 nitrogen and oxygen atoms in total. The Hall–Kier alpha value is -1.01. The molecule has 0 aromatic rings. The number of hydrogen-bond donors (Lipinski definition) is 1.